The van der Waals surface area contributed by atoms with Gasteiger partial charge in [0.15, 0.2) is 11.6 Å². The van der Waals surface area contributed by atoms with Gasteiger partial charge >= 0.3 is 5.97 Å². The number of benzene rings is 1. The van der Waals surface area contributed by atoms with E-state index in [-0.39, 0.29) is 18.0 Å². The Morgan fingerprint density at radius 1 is 1.33 bits per heavy atom. The Balaban J connectivity index is 2.86. The summed E-state index contributed by atoms with van der Waals surface area (Å²) in [7, 11) is -3.21. The smallest absolute Gasteiger partial charge is 0.338 e. The number of halogens is 2. The molecule has 1 aromatic rings. The van der Waals surface area contributed by atoms with Gasteiger partial charge in [0.2, 0.25) is 0 Å². The zero-order valence-electron chi connectivity index (χ0n) is 9.41. The Labute approximate surface area is 102 Å². The SMILES string of the molecule is CS(=O)(=O)CCNc1ccc(C(=O)O)c(F)c1F. The molecule has 0 aliphatic carbocycles. The summed E-state index contributed by atoms with van der Waals surface area (Å²) in [6.45, 7) is -0.0956. The van der Waals surface area contributed by atoms with Gasteiger partial charge < -0.3 is 10.4 Å². The molecule has 0 bridgehead atoms. The first-order valence-electron chi connectivity index (χ1n) is 4.85. The minimum absolute atomic E-state index is 0.0956. The molecule has 0 aliphatic heterocycles. The van der Waals surface area contributed by atoms with Crippen LogP contribution >= 0.6 is 0 Å². The second-order valence-corrected chi connectivity index (χ2v) is 5.91. The van der Waals surface area contributed by atoms with Gasteiger partial charge in [0.1, 0.15) is 9.84 Å². The van der Waals surface area contributed by atoms with E-state index in [1.807, 2.05) is 0 Å². The lowest BCUT2D eigenvalue weighted by Crippen LogP contribution is -2.15. The maximum Gasteiger partial charge on any atom is 0.338 e. The number of carboxylic acid groups (broad SMARTS) is 1. The first-order valence-corrected chi connectivity index (χ1v) is 6.91. The molecule has 5 nitrogen and oxygen atoms in total. The molecule has 0 amide bonds. The molecule has 1 aromatic carbocycles. The summed E-state index contributed by atoms with van der Waals surface area (Å²) in [6.07, 6.45) is 1.01. The number of rotatable bonds is 5. The molecule has 0 saturated heterocycles. The Hall–Kier alpha value is -1.70. The van der Waals surface area contributed by atoms with Crippen LogP contribution < -0.4 is 5.32 Å². The van der Waals surface area contributed by atoms with Crippen molar-refractivity contribution in [2.24, 2.45) is 0 Å². The van der Waals surface area contributed by atoms with E-state index in [9.17, 15) is 22.0 Å². The van der Waals surface area contributed by atoms with Gasteiger partial charge in [-0.2, -0.15) is 0 Å². The minimum atomic E-state index is -3.21. The maximum atomic E-state index is 13.4. The molecule has 2 N–H and O–H groups in total. The Kier molecular flexibility index (Phi) is 4.23. The van der Waals surface area contributed by atoms with Crippen LogP contribution in [-0.2, 0) is 9.84 Å². The average molecular weight is 279 g/mol. The second-order valence-electron chi connectivity index (χ2n) is 3.65. The van der Waals surface area contributed by atoms with Gasteiger partial charge in [-0.05, 0) is 12.1 Å². The standard InChI is InChI=1S/C10H11F2NO4S/c1-18(16,17)5-4-13-7-3-2-6(10(14)15)8(11)9(7)12/h2-3,13H,4-5H2,1H3,(H,14,15). The molecule has 100 valence electrons. The summed E-state index contributed by atoms with van der Waals surface area (Å²) in [5, 5.41) is 10.9. The summed E-state index contributed by atoms with van der Waals surface area (Å²) in [6, 6.07) is 1.95. The molecule has 8 heteroatoms. The van der Waals surface area contributed by atoms with Crippen LogP contribution in [0.2, 0.25) is 0 Å². The average Bonchev–Trinajstić information content (AvgIpc) is 2.22. The summed E-state index contributed by atoms with van der Waals surface area (Å²) in [4.78, 5) is 10.5. The van der Waals surface area contributed by atoms with Crippen LogP contribution in [-0.4, -0.2) is 38.0 Å². The van der Waals surface area contributed by atoms with Gasteiger partial charge in [-0.1, -0.05) is 0 Å². The van der Waals surface area contributed by atoms with E-state index in [4.69, 9.17) is 5.11 Å². The van der Waals surface area contributed by atoms with Crippen molar-refractivity contribution in [3.63, 3.8) is 0 Å². The van der Waals surface area contributed by atoms with Gasteiger partial charge in [-0.15, -0.1) is 0 Å². The summed E-state index contributed by atoms with van der Waals surface area (Å²) in [5.74, 6) is -4.64. The molecule has 0 spiro atoms. The van der Waals surface area contributed by atoms with Crippen LogP contribution in [0.25, 0.3) is 0 Å². The first-order chi connectivity index (χ1) is 8.22. The monoisotopic (exact) mass is 279 g/mol. The Morgan fingerprint density at radius 3 is 2.44 bits per heavy atom. The van der Waals surface area contributed by atoms with Gasteiger partial charge in [-0.3, -0.25) is 0 Å². The van der Waals surface area contributed by atoms with Crippen LogP contribution in [0, 0.1) is 11.6 Å². The highest BCUT2D eigenvalue weighted by Crippen LogP contribution is 2.20. The van der Waals surface area contributed by atoms with Crippen molar-refractivity contribution in [2.45, 2.75) is 0 Å². The van der Waals surface area contributed by atoms with Gasteiger partial charge in [0.05, 0.1) is 17.0 Å². The van der Waals surface area contributed by atoms with Crippen LogP contribution in [0.15, 0.2) is 12.1 Å². The number of aromatic carboxylic acids is 1. The van der Waals surface area contributed by atoms with E-state index in [1.165, 1.54) is 0 Å². The van der Waals surface area contributed by atoms with Gasteiger partial charge in [-0.25, -0.2) is 22.0 Å². The molecule has 0 fully saturated rings. The first kappa shape index (κ1) is 14.4. The zero-order valence-corrected chi connectivity index (χ0v) is 10.2. The summed E-state index contributed by atoms with van der Waals surface area (Å²) in [5.41, 5.74) is -1.05. The lowest BCUT2D eigenvalue weighted by atomic mass is 10.2. The van der Waals surface area contributed by atoms with Crippen LogP contribution in [0.5, 0.6) is 0 Å². The van der Waals surface area contributed by atoms with Gasteiger partial charge in [0, 0.05) is 12.8 Å². The largest absolute Gasteiger partial charge is 0.478 e. The molecule has 1 rings (SSSR count). The van der Waals surface area contributed by atoms with Crippen LogP contribution in [0.3, 0.4) is 0 Å². The van der Waals surface area contributed by atoms with Crippen LogP contribution in [0.1, 0.15) is 10.4 Å². The lowest BCUT2D eigenvalue weighted by molar-refractivity contribution is 0.0690. The molecule has 0 radical (unpaired) electrons. The maximum absolute atomic E-state index is 13.4. The van der Waals surface area contributed by atoms with Crippen molar-refractivity contribution < 1.29 is 27.1 Å². The number of hydrogen-bond donors (Lipinski definition) is 2. The van der Waals surface area contributed by atoms with Crippen molar-refractivity contribution in [2.75, 3.05) is 23.9 Å². The predicted molar refractivity (Wildman–Crippen MR) is 61.5 cm³/mol. The minimum Gasteiger partial charge on any atom is -0.478 e. The number of anilines is 1. The fraction of sp³-hybridized carbons (Fsp3) is 0.300. The third-order valence-corrected chi connectivity index (χ3v) is 3.05. The zero-order chi connectivity index (χ0) is 13.9. The molecule has 0 saturated carbocycles. The van der Waals surface area contributed by atoms with Gasteiger partial charge in [0.25, 0.3) is 0 Å². The van der Waals surface area contributed by atoms with Crippen molar-refractivity contribution in [1.82, 2.24) is 0 Å². The molecular weight excluding hydrogens is 268 g/mol. The van der Waals surface area contributed by atoms with E-state index >= 15 is 0 Å². The molecule has 0 unspecified atom stereocenters. The number of carbonyl (C=O) groups is 1. The number of nitrogens with one attached hydrogen (secondary N) is 1. The van der Waals surface area contributed by atoms with Crippen molar-refractivity contribution in [3.8, 4) is 0 Å². The van der Waals surface area contributed by atoms with Crippen molar-refractivity contribution in [1.29, 1.82) is 0 Å². The third-order valence-electron chi connectivity index (χ3n) is 2.10. The molecule has 0 aromatic heterocycles. The van der Waals surface area contributed by atoms with Crippen molar-refractivity contribution in [3.05, 3.63) is 29.3 Å². The van der Waals surface area contributed by atoms with E-state index in [0.717, 1.165) is 18.4 Å². The normalized spacial score (nSPS) is 11.3. The van der Waals surface area contributed by atoms with E-state index in [0.29, 0.717) is 0 Å². The second kappa shape index (κ2) is 5.30. The number of carboxylic acids is 1. The quantitative estimate of drug-likeness (QED) is 0.844. The fourth-order valence-corrected chi connectivity index (χ4v) is 1.70. The molecule has 0 atom stereocenters. The molecule has 0 heterocycles. The van der Waals surface area contributed by atoms with E-state index < -0.39 is 33.0 Å². The Bertz CT molecular complexity index is 571. The fourth-order valence-electron chi connectivity index (χ4n) is 1.22. The van der Waals surface area contributed by atoms with E-state index in [2.05, 4.69) is 5.32 Å². The molecular formula is C10H11F2NO4S. The molecule has 0 aliphatic rings. The highest BCUT2D eigenvalue weighted by atomic mass is 32.2. The number of hydrogen-bond acceptors (Lipinski definition) is 4. The highest BCUT2D eigenvalue weighted by Gasteiger charge is 2.17. The summed E-state index contributed by atoms with van der Waals surface area (Å²) >= 11 is 0. The van der Waals surface area contributed by atoms with Crippen molar-refractivity contribution >= 4 is 21.5 Å². The highest BCUT2D eigenvalue weighted by molar-refractivity contribution is 7.90. The number of sulfone groups is 1. The Morgan fingerprint density at radius 2 is 1.94 bits per heavy atom. The van der Waals surface area contributed by atoms with E-state index in [1.54, 1.807) is 0 Å². The van der Waals surface area contributed by atoms with Crippen LogP contribution in [0.4, 0.5) is 14.5 Å². The topological polar surface area (TPSA) is 83.5 Å². The third kappa shape index (κ3) is 3.66. The molecule has 18 heavy (non-hydrogen) atoms. The summed E-state index contributed by atoms with van der Waals surface area (Å²) < 4.78 is 48.3. The predicted octanol–water partition coefficient (Wildman–Crippen LogP) is 1.12. The lowest BCUT2D eigenvalue weighted by Gasteiger charge is -2.08.